The molecular weight excluding hydrogens is 304 g/mol. The van der Waals surface area contributed by atoms with E-state index >= 15 is 0 Å². The number of carbonyl (C=O) groups is 2. The van der Waals surface area contributed by atoms with E-state index in [9.17, 15) is 18.4 Å². The van der Waals surface area contributed by atoms with Gasteiger partial charge in [-0.25, -0.2) is 13.6 Å². The van der Waals surface area contributed by atoms with Crippen molar-refractivity contribution >= 4 is 17.6 Å². The van der Waals surface area contributed by atoms with Gasteiger partial charge in [-0.3, -0.25) is 9.69 Å². The predicted molar refractivity (Wildman–Crippen MR) is 82.0 cm³/mol. The Balaban J connectivity index is 1.80. The molecule has 1 aromatic carbocycles. The Morgan fingerprint density at radius 2 is 1.91 bits per heavy atom. The lowest BCUT2D eigenvalue weighted by Crippen LogP contribution is -2.42. The molecule has 2 fully saturated rings. The van der Waals surface area contributed by atoms with Gasteiger partial charge in [-0.1, -0.05) is 6.07 Å². The summed E-state index contributed by atoms with van der Waals surface area (Å²) in [6.07, 6.45) is -0.599. The van der Waals surface area contributed by atoms with Crippen molar-refractivity contribution in [2.45, 2.75) is 25.7 Å². The third kappa shape index (κ3) is 3.13. The van der Waals surface area contributed by atoms with Crippen molar-refractivity contribution in [2.24, 2.45) is 0 Å². The second kappa shape index (κ2) is 5.79. The maximum atomic E-state index is 13.2. The van der Waals surface area contributed by atoms with Gasteiger partial charge in [-0.2, -0.15) is 0 Å². The van der Waals surface area contributed by atoms with Crippen LogP contribution in [-0.2, 0) is 0 Å². The minimum Gasteiger partial charge on any atom is -0.338 e. The van der Waals surface area contributed by atoms with Crippen LogP contribution < -0.4 is 10.2 Å². The number of halogens is 2. The summed E-state index contributed by atoms with van der Waals surface area (Å²) in [5, 5.41) is 2.72. The number of alkyl halides is 2. The summed E-state index contributed by atoms with van der Waals surface area (Å²) < 4.78 is 26.4. The molecule has 3 rings (SSSR count). The number of likely N-dealkylation sites (tertiary alicyclic amines) is 1. The molecule has 0 radical (unpaired) electrons. The third-order valence-electron chi connectivity index (χ3n) is 4.39. The van der Waals surface area contributed by atoms with E-state index < -0.39 is 5.92 Å². The fourth-order valence-electron chi connectivity index (χ4n) is 2.95. The lowest BCUT2D eigenvalue weighted by Gasteiger charge is -2.32. The van der Waals surface area contributed by atoms with Crippen molar-refractivity contribution in [3.8, 4) is 0 Å². The summed E-state index contributed by atoms with van der Waals surface area (Å²) in [5.74, 6) is -2.94. The van der Waals surface area contributed by atoms with Gasteiger partial charge in [0, 0.05) is 50.3 Å². The van der Waals surface area contributed by atoms with Crippen molar-refractivity contribution in [1.29, 1.82) is 0 Å². The van der Waals surface area contributed by atoms with Gasteiger partial charge in [-0.05, 0) is 24.6 Å². The molecule has 0 saturated carbocycles. The highest BCUT2D eigenvalue weighted by Gasteiger charge is 2.36. The minimum absolute atomic E-state index is 0.0548. The first-order valence-corrected chi connectivity index (χ1v) is 7.70. The number of amides is 3. The van der Waals surface area contributed by atoms with Crippen molar-refractivity contribution in [3.05, 3.63) is 29.3 Å². The first-order chi connectivity index (χ1) is 10.9. The Hall–Kier alpha value is -2.18. The van der Waals surface area contributed by atoms with E-state index in [0.29, 0.717) is 24.3 Å². The van der Waals surface area contributed by atoms with Gasteiger partial charge in [0.15, 0.2) is 0 Å². The molecule has 0 aliphatic carbocycles. The van der Waals surface area contributed by atoms with Crippen LogP contribution in [0.3, 0.4) is 0 Å². The predicted octanol–water partition coefficient (Wildman–Crippen LogP) is 2.40. The fraction of sp³-hybridized carbons (Fsp3) is 0.500. The Kier molecular flexibility index (Phi) is 3.95. The van der Waals surface area contributed by atoms with E-state index in [0.717, 1.165) is 5.56 Å². The Labute approximate surface area is 133 Å². The van der Waals surface area contributed by atoms with Gasteiger partial charge in [0.1, 0.15) is 0 Å². The first kappa shape index (κ1) is 15.7. The first-order valence-electron chi connectivity index (χ1n) is 7.70. The average Bonchev–Trinajstić information content (AvgIpc) is 2.93. The van der Waals surface area contributed by atoms with E-state index in [1.807, 2.05) is 6.92 Å². The van der Waals surface area contributed by atoms with Gasteiger partial charge in [0.2, 0.25) is 0 Å². The number of anilines is 1. The maximum Gasteiger partial charge on any atom is 0.322 e. The summed E-state index contributed by atoms with van der Waals surface area (Å²) >= 11 is 0. The number of rotatable bonds is 2. The number of nitrogens with one attached hydrogen (secondary N) is 1. The van der Waals surface area contributed by atoms with Gasteiger partial charge < -0.3 is 10.2 Å². The topological polar surface area (TPSA) is 52.7 Å². The van der Waals surface area contributed by atoms with Gasteiger partial charge in [-0.15, -0.1) is 0 Å². The molecule has 2 heterocycles. The summed E-state index contributed by atoms with van der Waals surface area (Å²) in [6.45, 7) is 3.10. The van der Waals surface area contributed by atoms with Gasteiger partial charge in [0.25, 0.3) is 11.8 Å². The highest BCUT2D eigenvalue weighted by Crippen LogP contribution is 2.29. The second-order valence-corrected chi connectivity index (χ2v) is 6.03. The highest BCUT2D eigenvalue weighted by molar-refractivity contribution is 5.99. The summed E-state index contributed by atoms with van der Waals surface area (Å²) in [7, 11) is 0. The molecule has 0 bridgehead atoms. The molecule has 2 aliphatic rings. The molecule has 0 aromatic heterocycles. The van der Waals surface area contributed by atoms with E-state index in [1.54, 1.807) is 23.1 Å². The fourth-order valence-corrected chi connectivity index (χ4v) is 2.95. The molecule has 0 spiro atoms. The monoisotopic (exact) mass is 323 g/mol. The smallest absolute Gasteiger partial charge is 0.322 e. The number of carbonyl (C=O) groups excluding carboxylic acids is 2. The van der Waals surface area contributed by atoms with Crippen LogP contribution >= 0.6 is 0 Å². The Morgan fingerprint density at radius 3 is 2.52 bits per heavy atom. The van der Waals surface area contributed by atoms with Crippen molar-refractivity contribution in [1.82, 2.24) is 10.2 Å². The number of nitrogens with zero attached hydrogens (tertiary/aromatic N) is 2. The molecule has 7 heteroatoms. The summed E-state index contributed by atoms with van der Waals surface area (Å²) in [6, 6.07) is 4.96. The van der Waals surface area contributed by atoms with Crippen molar-refractivity contribution < 1.29 is 18.4 Å². The van der Waals surface area contributed by atoms with Crippen LogP contribution in [0.25, 0.3) is 0 Å². The summed E-state index contributed by atoms with van der Waals surface area (Å²) in [4.78, 5) is 27.4. The second-order valence-electron chi connectivity index (χ2n) is 6.03. The van der Waals surface area contributed by atoms with Crippen LogP contribution in [0.1, 0.15) is 28.8 Å². The molecule has 23 heavy (non-hydrogen) atoms. The highest BCUT2D eigenvalue weighted by atomic mass is 19.3. The van der Waals surface area contributed by atoms with Crippen LogP contribution in [-0.4, -0.2) is 48.9 Å². The number of urea groups is 1. The van der Waals surface area contributed by atoms with Crippen molar-refractivity contribution in [3.63, 3.8) is 0 Å². The van der Waals surface area contributed by atoms with Crippen LogP contribution in [0.4, 0.5) is 19.3 Å². The number of hydrogen-bond donors (Lipinski definition) is 1. The van der Waals surface area contributed by atoms with Crippen LogP contribution in [0.15, 0.2) is 18.2 Å². The summed E-state index contributed by atoms with van der Waals surface area (Å²) in [5.41, 5.74) is 2.01. The zero-order valence-corrected chi connectivity index (χ0v) is 12.9. The quantitative estimate of drug-likeness (QED) is 0.908. The average molecular weight is 323 g/mol. The molecule has 1 aromatic rings. The van der Waals surface area contributed by atoms with Crippen LogP contribution in [0.5, 0.6) is 0 Å². The SMILES string of the molecule is Cc1ccc(C(=O)N2CCC(F)(F)CC2)cc1N1CCNC1=O. The Bertz CT molecular complexity index is 638. The Morgan fingerprint density at radius 1 is 1.22 bits per heavy atom. The third-order valence-corrected chi connectivity index (χ3v) is 4.39. The molecule has 2 saturated heterocycles. The molecule has 5 nitrogen and oxygen atoms in total. The maximum absolute atomic E-state index is 13.2. The van der Waals surface area contributed by atoms with Crippen molar-refractivity contribution in [2.75, 3.05) is 31.1 Å². The van der Waals surface area contributed by atoms with Crippen LogP contribution in [0.2, 0.25) is 0 Å². The molecule has 124 valence electrons. The van der Waals surface area contributed by atoms with Gasteiger partial charge >= 0.3 is 6.03 Å². The molecule has 2 aliphatic heterocycles. The van der Waals surface area contributed by atoms with E-state index in [2.05, 4.69) is 5.32 Å². The minimum atomic E-state index is -2.68. The molecule has 0 atom stereocenters. The van der Waals surface area contributed by atoms with Crippen LogP contribution in [0, 0.1) is 6.92 Å². The zero-order chi connectivity index (χ0) is 16.6. The van der Waals surface area contributed by atoms with E-state index in [-0.39, 0.29) is 37.9 Å². The number of benzene rings is 1. The number of hydrogen-bond acceptors (Lipinski definition) is 2. The van der Waals surface area contributed by atoms with E-state index in [4.69, 9.17) is 0 Å². The van der Waals surface area contributed by atoms with E-state index in [1.165, 1.54) is 4.90 Å². The molecule has 3 amide bonds. The number of piperidine rings is 1. The molecule has 0 unspecified atom stereocenters. The standard InChI is InChI=1S/C16H19F2N3O2/c1-11-2-3-12(10-13(11)21-9-6-19-15(21)23)14(22)20-7-4-16(17,18)5-8-20/h2-3,10H,4-9H2,1H3,(H,19,23). The number of aryl methyl sites for hydroxylation is 1. The molecule has 1 N–H and O–H groups in total. The normalized spacial score (nSPS) is 20.6. The lowest BCUT2D eigenvalue weighted by molar-refractivity contribution is -0.0494. The molecular formula is C16H19F2N3O2. The lowest BCUT2D eigenvalue weighted by atomic mass is 10.0. The zero-order valence-electron chi connectivity index (χ0n) is 12.9. The largest absolute Gasteiger partial charge is 0.338 e. The van der Waals surface area contributed by atoms with Gasteiger partial charge in [0.05, 0.1) is 0 Å².